The van der Waals surface area contributed by atoms with E-state index in [0.717, 1.165) is 28.6 Å². The van der Waals surface area contributed by atoms with Gasteiger partial charge in [0.15, 0.2) is 11.6 Å². The molecular weight excluding hydrogens is 395 g/mol. The van der Waals surface area contributed by atoms with Crippen LogP contribution in [-0.4, -0.2) is 23.2 Å². The first-order chi connectivity index (χ1) is 13.1. The molecular formula is C17H12F3N5O2S. The van der Waals surface area contributed by atoms with Crippen LogP contribution < -0.4 is 4.72 Å². The van der Waals surface area contributed by atoms with Crippen LogP contribution in [-0.2, 0) is 16.2 Å². The Balaban J connectivity index is 2.02. The Kier molecular flexibility index (Phi) is 4.82. The number of aromatic nitrogens is 3. The van der Waals surface area contributed by atoms with Crippen molar-refractivity contribution in [1.82, 2.24) is 14.8 Å². The van der Waals surface area contributed by atoms with Gasteiger partial charge in [-0.2, -0.15) is 28.2 Å². The number of nitrogens with zero attached hydrogens (tertiary/aromatic N) is 4. The molecule has 0 radical (unpaired) electrons. The SMILES string of the molecule is Cc1ccc(S(=O)(=O)Nc2c(C#N)cnn2-c2ccc(C(F)(F)F)cn2)cc1. The standard InChI is InChI=1S/C17H12F3N5O2S/c1-11-2-5-14(6-3-11)28(26,27)24-16-12(8-21)9-23-25(16)15-7-4-13(10-22-15)17(18,19)20/h2-7,9-10,24H,1H3. The minimum Gasteiger partial charge on any atom is -0.262 e. The van der Waals surface area contributed by atoms with Crippen molar-refractivity contribution in [3.05, 3.63) is 65.5 Å². The van der Waals surface area contributed by atoms with E-state index in [4.69, 9.17) is 0 Å². The van der Waals surface area contributed by atoms with Crippen LogP contribution in [0.5, 0.6) is 0 Å². The van der Waals surface area contributed by atoms with Crippen molar-refractivity contribution < 1.29 is 21.6 Å². The fourth-order valence-corrected chi connectivity index (χ4v) is 3.35. The summed E-state index contributed by atoms with van der Waals surface area (Å²) >= 11 is 0. The molecule has 2 aromatic heterocycles. The summed E-state index contributed by atoms with van der Waals surface area (Å²) in [6.07, 6.45) is -2.88. The van der Waals surface area contributed by atoms with Crippen LogP contribution in [0.1, 0.15) is 16.7 Å². The molecule has 2 heterocycles. The Morgan fingerprint density at radius 1 is 1.11 bits per heavy atom. The van der Waals surface area contributed by atoms with E-state index in [0.29, 0.717) is 6.20 Å². The van der Waals surface area contributed by atoms with E-state index < -0.39 is 21.8 Å². The summed E-state index contributed by atoms with van der Waals surface area (Å²) < 4.78 is 66.5. The van der Waals surface area contributed by atoms with Crippen LogP contribution >= 0.6 is 0 Å². The number of benzene rings is 1. The third-order valence-corrected chi connectivity index (χ3v) is 5.10. The molecule has 11 heteroatoms. The van der Waals surface area contributed by atoms with E-state index in [-0.39, 0.29) is 22.1 Å². The monoisotopic (exact) mass is 407 g/mol. The van der Waals surface area contributed by atoms with Gasteiger partial charge in [-0.1, -0.05) is 17.7 Å². The van der Waals surface area contributed by atoms with Crippen LogP contribution in [0.2, 0.25) is 0 Å². The minimum absolute atomic E-state index is 0.0462. The van der Waals surface area contributed by atoms with E-state index in [2.05, 4.69) is 14.8 Å². The Morgan fingerprint density at radius 3 is 2.32 bits per heavy atom. The maximum atomic E-state index is 12.7. The lowest BCUT2D eigenvalue weighted by Gasteiger charge is -2.12. The average Bonchev–Trinajstić information content (AvgIpc) is 3.03. The zero-order chi connectivity index (χ0) is 20.5. The van der Waals surface area contributed by atoms with Crippen LogP contribution in [0.4, 0.5) is 19.0 Å². The van der Waals surface area contributed by atoms with E-state index in [1.54, 1.807) is 25.1 Å². The fourth-order valence-electron chi connectivity index (χ4n) is 2.28. The molecule has 0 aliphatic carbocycles. The number of nitriles is 1. The Hall–Kier alpha value is -3.39. The molecule has 0 bridgehead atoms. The molecule has 0 fully saturated rings. The molecule has 0 amide bonds. The molecule has 28 heavy (non-hydrogen) atoms. The van der Waals surface area contributed by atoms with Crippen molar-refractivity contribution in [2.75, 3.05) is 4.72 Å². The number of hydrogen-bond donors (Lipinski definition) is 1. The summed E-state index contributed by atoms with van der Waals surface area (Å²) in [4.78, 5) is 3.63. The first-order valence-electron chi connectivity index (χ1n) is 7.73. The van der Waals surface area contributed by atoms with Crippen LogP contribution in [0.3, 0.4) is 0 Å². The zero-order valence-corrected chi connectivity index (χ0v) is 15.1. The number of hydrogen-bond acceptors (Lipinski definition) is 5. The maximum Gasteiger partial charge on any atom is 0.417 e. The number of rotatable bonds is 4. The van der Waals surface area contributed by atoms with Gasteiger partial charge in [0.1, 0.15) is 11.6 Å². The van der Waals surface area contributed by atoms with Crippen molar-refractivity contribution in [1.29, 1.82) is 5.26 Å². The number of halogens is 3. The first-order valence-corrected chi connectivity index (χ1v) is 9.21. The molecule has 1 N–H and O–H groups in total. The molecule has 1 aromatic carbocycles. The van der Waals surface area contributed by atoms with E-state index in [1.807, 2.05) is 0 Å². The van der Waals surface area contributed by atoms with Crippen molar-refractivity contribution in [2.45, 2.75) is 18.0 Å². The van der Waals surface area contributed by atoms with Crippen molar-refractivity contribution in [2.24, 2.45) is 0 Å². The van der Waals surface area contributed by atoms with Gasteiger partial charge >= 0.3 is 6.18 Å². The molecule has 0 atom stereocenters. The van der Waals surface area contributed by atoms with Crippen molar-refractivity contribution in [3.8, 4) is 11.9 Å². The summed E-state index contributed by atoms with van der Waals surface area (Å²) in [6, 6.07) is 9.59. The largest absolute Gasteiger partial charge is 0.417 e. The van der Waals surface area contributed by atoms with Crippen LogP contribution in [0, 0.1) is 18.3 Å². The lowest BCUT2D eigenvalue weighted by atomic mass is 10.2. The van der Waals surface area contributed by atoms with Gasteiger partial charge in [0.2, 0.25) is 0 Å². The maximum absolute atomic E-state index is 12.7. The number of sulfonamides is 1. The lowest BCUT2D eigenvalue weighted by Crippen LogP contribution is -2.17. The van der Waals surface area contributed by atoms with E-state index in [1.165, 1.54) is 12.1 Å². The number of alkyl halides is 3. The zero-order valence-electron chi connectivity index (χ0n) is 14.3. The van der Waals surface area contributed by atoms with Gasteiger partial charge in [-0.25, -0.2) is 13.4 Å². The molecule has 0 aliphatic rings. The topological polar surface area (TPSA) is 101 Å². The summed E-state index contributed by atoms with van der Waals surface area (Å²) in [7, 11) is -4.06. The molecule has 0 spiro atoms. The summed E-state index contributed by atoms with van der Waals surface area (Å²) in [5, 5.41) is 13.1. The third kappa shape index (κ3) is 3.81. The predicted molar refractivity (Wildman–Crippen MR) is 93.1 cm³/mol. The molecule has 0 aliphatic heterocycles. The molecule has 3 aromatic rings. The highest BCUT2D eigenvalue weighted by atomic mass is 32.2. The number of nitrogens with one attached hydrogen (secondary N) is 1. The van der Waals surface area contributed by atoms with Gasteiger partial charge in [-0.15, -0.1) is 0 Å². The number of pyridine rings is 1. The van der Waals surface area contributed by atoms with Crippen molar-refractivity contribution in [3.63, 3.8) is 0 Å². The van der Waals surface area contributed by atoms with Crippen LogP contribution in [0.15, 0.2) is 53.7 Å². The second-order valence-electron chi connectivity index (χ2n) is 5.75. The van der Waals surface area contributed by atoms with Gasteiger partial charge in [0, 0.05) is 6.20 Å². The first kappa shape index (κ1) is 19.4. The second-order valence-corrected chi connectivity index (χ2v) is 7.43. The van der Waals surface area contributed by atoms with Gasteiger partial charge in [-0.3, -0.25) is 4.72 Å². The molecule has 0 unspecified atom stereocenters. The summed E-state index contributed by atoms with van der Waals surface area (Å²) in [5.74, 6) is -0.313. The summed E-state index contributed by atoms with van der Waals surface area (Å²) in [6.45, 7) is 1.79. The Morgan fingerprint density at radius 2 is 1.79 bits per heavy atom. The normalized spacial score (nSPS) is 11.8. The number of aryl methyl sites for hydroxylation is 1. The van der Waals surface area contributed by atoms with Gasteiger partial charge in [-0.05, 0) is 31.2 Å². The smallest absolute Gasteiger partial charge is 0.262 e. The Bertz CT molecular complexity index is 1150. The molecule has 7 nitrogen and oxygen atoms in total. The molecule has 3 rings (SSSR count). The van der Waals surface area contributed by atoms with Crippen molar-refractivity contribution >= 4 is 15.8 Å². The molecule has 0 saturated heterocycles. The lowest BCUT2D eigenvalue weighted by molar-refractivity contribution is -0.137. The van der Waals surface area contributed by atoms with Crippen LogP contribution in [0.25, 0.3) is 5.82 Å². The highest BCUT2D eigenvalue weighted by Crippen LogP contribution is 2.29. The second kappa shape index (κ2) is 6.97. The summed E-state index contributed by atoms with van der Waals surface area (Å²) in [5.41, 5.74) is -0.223. The Labute approximate surface area is 158 Å². The quantitative estimate of drug-likeness (QED) is 0.715. The minimum atomic E-state index is -4.57. The molecule has 144 valence electrons. The van der Waals surface area contributed by atoms with E-state index >= 15 is 0 Å². The predicted octanol–water partition coefficient (Wildman–Crippen LogP) is 3.27. The molecule has 0 saturated carbocycles. The highest BCUT2D eigenvalue weighted by molar-refractivity contribution is 7.92. The van der Waals surface area contributed by atoms with Gasteiger partial charge in [0.25, 0.3) is 10.0 Å². The number of anilines is 1. The third-order valence-electron chi connectivity index (χ3n) is 3.74. The average molecular weight is 407 g/mol. The van der Waals surface area contributed by atoms with E-state index in [9.17, 15) is 26.9 Å². The fraction of sp³-hybridized carbons (Fsp3) is 0.118. The highest BCUT2D eigenvalue weighted by Gasteiger charge is 2.31. The van der Waals surface area contributed by atoms with Gasteiger partial charge in [0.05, 0.1) is 16.7 Å². The van der Waals surface area contributed by atoms with Gasteiger partial charge < -0.3 is 0 Å².